The molecule has 0 bridgehead atoms. The molecule has 0 atom stereocenters. The van der Waals surface area contributed by atoms with Gasteiger partial charge < -0.3 is 14.8 Å². The van der Waals surface area contributed by atoms with Gasteiger partial charge in [-0.3, -0.25) is 4.79 Å². The van der Waals surface area contributed by atoms with Gasteiger partial charge in [-0.25, -0.2) is 18.4 Å². The van der Waals surface area contributed by atoms with Crippen LogP contribution in [0.1, 0.15) is 15.9 Å². The second kappa shape index (κ2) is 7.98. The lowest BCUT2D eigenvalue weighted by Gasteiger charge is -2.10. The number of ether oxygens (including phenoxy) is 2. The largest absolute Gasteiger partial charge is 0.496 e. The van der Waals surface area contributed by atoms with Gasteiger partial charge in [-0.2, -0.15) is 0 Å². The fourth-order valence-electron chi connectivity index (χ4n) is 2.15. The molecule has 0 radical (unpaired) electrons. The molecule has 8 nitrogen and oxygen atoms in total. The van der Waals surface area contributed by atoms with Crippen LogP contribution < -0.4 is 15.2 Å². The summed E-state index contributed by atoms with van der Waals surface area (Å²) in [5, 5.41) is 7.64. The van der Waals surface area contributed by atoms with Crippen molar-refractivity contribution in [1.82, 2.24) is 0 Å². The van der Waals surface area contributed by atoms with E-state index < -0.39 is 28.5 Å². The average Bonchev–Trinajstić information content (AvgIpc) is 2.58. The van der Waals surface area contributed by atoms with Gasteiger partial charge in [0.15, 0.2) is 6.61 Å². The van der Waals surface area contributed by atoms with Crippen molar-refractivity contribution in [2.24, 2.45) is 5.14 Å². The van der Waals surface area contributed by atoms with Crippen molar-refractivity contribution in [3.63, 3.8) is 0 Å². The maximum atomic E-state index is 12.2. The summed E-state index contributed by atoms with van der Waals surface area (Å²) in [6.45, 7) is 1.33. The standard InChI is InChI=1S/C17H18N2O6S/c1-11-4-3-5-12(8-11)19-16(20)10-25-17(21)14-9-13(26(18,22)23)6-7-15(14)24-2/h3-9H,10H2,1-2H3,(H,19,20)(H2,18,22,23). The van der Waals surface area contributed by atoms with Crippen molar-refractivity contribution in [2.75, 3.05) is 19.0 Å². The number of hydrogen-bond acceptors (Lipinski definition) is 6. The molecule has 2 aromatic rings. The quantitative estimate of drug-likeness (QED) is 0.733. The predicted molar refractivity (Wildman–Crippen MR) is 94.5 cm³/mol. The first-order chi connectivity index (χ1) is 12.2. The van der Waals surface area contributed by atoms with E-state index in [9.17, 15) is 18.0 Å². The Kier molecular flexibility index (Phi) is 5.96. The molecular formula is C17H18N2O6S. The minimum atomic E-state index is -4.00. The summed E-state index contributed by atoms with van der Waals surface area (Å²) >= 11 is 0. The molecule has 0 aliphatic carbocycles. The van der Waals surface area contributed by atoms with E-state index in [1.807, 2.05) is 13.0 Å². The number of carbonyl (C=O) groups excluding carboxylic acids is 2. The van der Waals surface area contributed by atoms with Gasteiger partial charge in [0.1, 0.15) is 11.3 Å². The number of rotatable bonds is 6. The second-order valence-electron chi connectivity index (χ2n) is 5.40. The lowest BCUT2D eigenvalue weighted by Crippen LogP contribution is -2.21. The molecule has 0 aliphatic rings. The van der Waals surface area contributed by atoms with Crippen LogP contribution in [-0.4, -0.2) is 34.0 Å². The van der Waals surface area contributed by atoms with Crippen molar-refractivity contribution in [3.8, 4) is 5.75 Å². The lowest BCUT2D eigenvalue weighted by atomic mass is 10.2. The SMILES string of the molecule is COc1ccc(S(N)(=O)=O)cc1C(=O)OCC(=O)Nc1cccc(C)c1. The van der Waals surface area contributed by atoms with Crippen molar-refractivity contribution >= 4 is 27.6 Å². The molecule has 0 unspecified atom stereocenters. The van der Waals surface area contributed by atoms with E-state index in [4.69, 9.17) is 14.6 Å². The minimum Gasteiger partial charge on any atom is -0.496 e. The fraction of sp³-hybridized carbons (Fsp3) is 0.176. The fourth-order valence-corrected chi connectivity index (χ4v) is 2.69. The summed E-state index contributed by atoms with van der Waals surface area (Å²) in [7, 11) is -2.69. The zero-order valence-corrected chi connectivity index (χ0v) is 15.0. The van der Waals surface area contributed by atoms with Crippen molar-refractivity contribution in [3.05, 3.63) is 53.6 Å². The number of esters is 1. The topological polar surface area (TPSA) is 125 Å². The predicted octanol–water partition coefficient (Wildman–Crippen LogP) is 1.45. The van der Waals surface area contributed by atoms with Crippen molar-refractivity contribution in [1.29, 1.82) is 0 Å². The van der Waals surface area contributed by atoms with Crippen LogP contribution in [0.3, 0.4) is 0 Å². The molecule has 0 heterocycles. The van der Waals surface area contributed by atoms with E-state index in [0.717, 1.165) is 11.6 Å². The van der Waals surface area contributed by atoms with Crippen LogP contribution in [0, 0.1) is 6.92 Å². The number of anilines is 1. The molecule has 3 N–H and O–H groups in total. The van der Waals surface area contributed by atoms with Crippen LogP contribution in [0.4, 0.5) is 5.69 Å². The van der Waals surface area contributed by atoms with Gasteiger partial charge >= 0.3 is 5.97 Å². The van der Waals surface area contributed by atoms with E-state index in [0.29, 0.717) is 5.69 Å². The Morgan fingerprint density at radius 2 is 1.88 bits per heavy atom. The number of hydrogen-bond donors (Lipinski definition) is 2. The molecule has 0 saturated carbocycles. The van der Waals surface area contributed by atoms with E-state index in [1.165, 1.54) is 19.2 Å². The number of amides is 1. The van der Waals surface area contributed by atoms with Gasteiger partial charge in [-0.1, -0.05) is 12.1 Å². The van der Waals surface area contributed by atoms with Crippen molar-refractivity contribution < 1.29 is 27.5 Å². The third kappa shape index (κ3) is 5.04. The minimum absolute atomic E-state index is 0.0986. The van der Waals surface area contributed by atoms with Crippen LogP contribution in [-0.2, 0) is 19.6 Å². The normalized spacial score (nSPS) is 10.9. The Labute approximate surface area is 151 Å². The third-order valence-electron chi connectivity index (χ3n) is 3.36. The molecule has 2 rings (SSSR count). The molecule has 0 saturated heterocycles. The number of methoxy groups -OCH3 is 1. The number of nitrogens with two attached hydrogens (primary N) is 1. The lowest BCUT2D eigenvalue weighted by molar-refractivity contribution is -0.119. The maximum absolute atomic E-state index is 12.2. The van der Waals surface area contributed by atoms with Crippen molar-refractivity contribution in [2.45, 2.75) is 11.8 Å². The molecular weight excluding hydrogens is 360 g/mol. The van der Waals surface area contributed by atoms with Gasteiger partial charge in [0.05, 0.1) is 12.0 Å². The highest BCUT2D eigenvalue weighted by atomic mass is 32.2. The van der Waals surface area contributed by atoms with E-state index in [-0.39, 0.29) is 16.2 Å². The maximum Gasteiger partial charge on any atom is 0.342 e. The molecule has 26 heavy (non-hydrogen) atoms. The summed E-state index contributed by atoms with van der Waals surface area (Å²) in [5.74, 6) is -1.35. The Morgan fingerprint density at radius 1 is 1.15 bits per heavy atom. The van der Waals surface area contributed by atoms with Gasteiger partial charge in [0.25, 0.3) is 5.91 Å². The molecule has 0 aliphatic heterocycles. The zero-order valence-electron chi connectivity index (χ0n) is 14.2. The monoisotopic (exact) mass is 378 g/mol. The van der Waals surface area contributed by atoms with Crippen LogP contribution in [0.15, 0.2) is 47.4 Å². The number of aryl methyl sites for hydroxylation is 1. The first-order valence-corrected chi connectivity index (χ1v) is 9.00. The highest BCUT2D eigenvalue weighted by Gasteiger charge is 2.19. The third-order valence-corrected chi connectivity index (χ3v) is 4.27. The Morgan fingerprint density at radius 3 is 2.50 bits per heavy atom. The summed E-state index contributed by atoms with van der Waals surface area (Å²) in [5.41, 5.74) is 1.38. The number of benzene rings is 2. The van der Waals surface area contributed by atoms with E-state index >= 15 is 0 Å². The van der Waals surface area contributed by atoms with Gasteiger partial charge in [0, 0.05) is 5.69 Å². The summed E-state index contributed by atoms with van der Waals surface area (Å²) in [4.78, 5) is 23.8. The zero-order chi connectivity index (χ0) is 19.3. The van der Waals surface area contributed by atoms with Gasteiger partial charge in [-0.05, 0) is 42.8 Å². The molecule has 1 amide bonds. The Hall–Kier alpha value is -2.91. The van der Waals surface area contributed by atoms with E-state index in [2.05, 4.69) is 5.32 Å². The van der Waals surface area contributed by atoms with Crippen LogP contribution >= 0.6 is 0 Å². The van der Waals surface area contributed by atoms with Crippen LogP contribution in [0.2, 0.25) is 0 Å². The molecule has 2 aromatic carbocycles. The molecule has 0 spiro atoms. The summed E-state index contributed by atoms with van der Waals surface area (Å²) in [6, 6.07) is 10.6. The van der Waals surface area contributed by atoms with Gasteiger partial charge in [0.2, 0.25) is 10.0 Å². The van der Waals surface area contributed by atoms with Crippen LogP contribution in [0.25, 0.3) is 0 Å². The Balaban J connectivity index is 2.08. The highest BCUT2D eigenvalue weighted by Crippen LogP contribution is 2.22. The van der Waals surface area contributed by atoms with E-state index in [1.54, 1.807) is 18.2 Å². The average molecular weight is 378 g/mol. The molecule has 0 aromatic heterocycles. The second-order valence-corrected chi connectivity index (χ2v) is 6.96. The summed E-state index contributed by atoms with van der Waals surface area (Å²) < 4.78 is 32.8. The molecule has 9 heteroatoms. The molecule has 138 valence electrons. The highest BCUT2D eigenvalue weighted by molar-refractivity contribution is 7.89. The number of sulfonamides is 1. The number of primary sulfonamides is 1. The smallest absolute Gasteiger partial charge is 0.342 e. The number of nitrogens with one attached hydrogen (secondary N) is 1. The van der Waals surface area contributed by atoms with Crippen LogP contribution in [0.5, 0.6) is 5.75 Å². The Bertz CT molecular complexity index is 940. The van der Waals surface area contributed by atoms with Gasteiger partial charge in [-0.15, -0.1) is 0 Å². The molecule has 0 fully saturated rings. The first kappa shape index (κ1) is 19.4. The number of carbonyl (C=O) groups is 2. The first-order valence-electron chi connectivity index (χ1n) is 7.45. The summed E-state index contributed by atoms with van der Waals surface area (Å²) in [6.07, 6.45) is 0.